The molecule has 0 spiro atoms. The second-order valence-electron chi connectivity index (χ2n) is 8.12. The van der Waals surface area contributed by atoms with Crippen LogP contribution in [0.4, 0.5) is 9.18 Å². The summed E-state index contributed by atoms with van der Waals surface area (Å²) >= 11 is 0. The van der Waals surface area contributed by atoms with Gasteiger partial charge in [0.05, 0.1) is 13.1 Å². The van der Waals surface area contributed by atoms with Gasteiger partial charge in [0.1, 0.15) is 18.0 Å². The SMILES string of the molecule is C=CCCCCCCC(=O)N1C[C@H](OC(=O)N2Cc3cccc(F)c3C2)C[C@H]1C(=O)O. The number of ether oxygens (including phenoxy) is 1. The van der Waals surface area contributed by atoms with Crippen LogP contribution in [0, 0.1) is 5.82 Å². The molecule has 0 aromatic heterocycles. The number of amides is 2. The summed E-state index contributed by atoms with van der Waals surface area (Å²) in [6.07, 6.45) is 5.45. The fourth-order valence-electron chi connectivity index (χ4n) is 4.18. The molecular formula is C23H29FN2O5. The number of carboxylic acids is 1. The molecule has 2 aliphatic heterocycles. The predicted octanol–water partition coefficient (Wildman–Crippen LogP) is 3.86. The molecular weight excluding hydrogens is 403 g/mol. The van der Waals surface area contributed by atoms with Gasteiger partial charge >= 0.3 is 12.1 Å². The van der Waals surface area contributed by atoms with Crippen molar-refractivity contribution in [2.75, 3.05) is 6.54 Å². The number of allylic oxidation sites excluding steroid dienone is 1. The molecule has 168 valence electrons. The Morgan fingerprint density at radius 1 is 1.19 bits per heavy atom. The molecule has 3 rings (SSSR count). The summed E-state index contributed by atoms with van der Waals surface area (Å²) in [5, 5.41) is 9.52. The van der Waals surface area contributed by atoms with Crippen LogP contribution < -0.4 is 0 Å². The van der Waals surface area contributed by atoms with Crippen LogP contribution in [0.15, 0.2) is 30.9 Å². The fraction of sp³-hybridized carbons (Fsp3) is 0.522. The summed E-state index contributed by atoms with van der Waals surface area (Å²) in [5.41, 5.74) is 1.20. The molecule has 2 amide bonds. The number of nitrogens with zero attached hydrogens (tertiary/aromatic N) is 2. The van der Waals surface area contributed by atoms with Gasteiger partial charge in [-0.25, -0.2) is 14.0 Å². The van der Waals surface area contributed by atoms with Gasteiger partial charge in [0.25, 0.3) is 0 Å². The smallest absolute Gasteiger partial charge is 0.410 e. The second-order valence-corrected chi connectivity index (χ2v) is 8.12. The number of carbonyl (C=O) groups excluding carboxylic acids is 2. The van der Waals surface area contributed by atoms with E-state index < -0.39 is 24.2 Å². The maximum atomic E-state index is 13.9. The quantitative estimate of drug-likeness (QED) is 0.473. The number of unbranched alkanes of at least 4 members (excludes halogenated alkanes) is 4. The van der Waals surface area contributed by atoms with Crippen LogP contribution in [0.3, 0.4) is 0 Å². The zero-order valence-electron chi connectivity index (χ0n) is 17.6. The molecule has 2 heterocycles. The second kappa shape index (κ2) is 10.4. The summed E-state index contributed by atoms with van der Waals surface area (Å²) in [7, 11) is 0. The Kier molecular flexibility index (Phi) is 7.65. The molecule has 1 saturated heterocycles. The molecule has 2 atom stereocenters. The maximum Gasteiger partial charge on any atom is 0.410 e. The zero-order chi connectivity index (χ0) is 22.4. The lowest BCUT2D eigenvalue weighted by atomic mass is 10.1. The summed E-state index contributed by atoms with van der Waals surface area (Å²) in [4.78, 5) is 39.5. The summed E-state index contributed by atoms with van der Waals surface area (Å²) in [5.74, 6) is -1.69. The highest BCUT2D eigenvalue weighted by Crippen LogP contribution is 2.28. The molecule has 1 N–H and O–H groups in total. The van der Waals surface area contributed by atoms with E-state index in [-0.39, 0.29) is 44.2 Å². The molecule has 0 saturated carbocycles. The molecule has 31 heavy (non-hydrogen) atoms. The fourth-order valence-corrected chi connectivity index (χ4v) is 4.18. The maximum absolute atomic E-state index is 13.9. The Morgan fingerprint density at radius 3 is 2.68 bits per heavy atom. The number of carbonyl (C=O) groups is 3. The number of likely N-dealkylation sites (tertiary alicyclic amines) is 1. The number of halogens is 1. The lowest BCUT2D eigenvalue weighted by molar-refractivity contribution is -0.148. The van der Waals surface area contributed by atoms with Crippen LogP contribution in [0.1, 0.15) is 56.1 Å². The molecule has 1 fully saturated rings. The average Bonchev–Trinajstić information content (AvgIpc) is 3.36. The van der Waals surface area contributed by atoms with E-state index in [1.54, 1.807) is 12.1 Å². The van der Waals surface area contributed by atoms with Crippen molar-refractivity contribution in [3.63, 3.8) is 0 Å². The summed E-state index contributed by atoms with van der Waals surface area (Å²) in [6.45, 7) is 4.10. The van der Waals surface area contributed by atoms with Crippen LogP contribution in [0.2, 0.25) is 0 Å². The highest BCUT2D eigenvalue weighted by molar-refractivity contribution is 5.84. The summed E-state index contributed by atoms with van der Waals surface area (Å²) < 4.78 is 19.4. The van der Waals surface area contributed by atoms with Crippen LogP contribution in [0.5, 0.6) is 0 Å². The Balaban J connectivity index is 1.51. The zero-order valence-corrected chi connectivity index (χ0v) is 17.6. The molecule has 2 aliphatic rings. The van der Waals surface area contributed by atoms with E-state index in [1.165, 1.54) is 15.9 Å². The van der Waals surface area contributed by atoms with E-state index in [4.69, 9.17) is 4.74 Å². The molecule has 1 aromatic rings. The van der Waals surface area contributed by atoms with Gasteiger partial charge in [0, 0.05) is 24.9 Å². The third kappa shape index (κ3) is 5.62. The summed E-state index contributed by atoms with van der Waals surface area (Å²) in [6, 6.07) is 3.71. The highest BCUT2D eigenvalue weighted by Gasteiger charge is 2.42. The van der Waals surface area contributed by atoms with Crippen molar-refractivity contribution in [2.45, 2.75) is 70.2 Å². The van der Waals surface area contributed by atoms with E-state index in [0.29, 0.717) is 12.0 Å². The van der Waals surface area contributed by atoms with Gasteiger partial charge in [-0.1, -0.05) is 31.1 Å². The number of carboxylic acid groups (broad SMARTS) is 1. The highest BCUT2D eigenvalue weighted by atomic mass is 19.1. The van der Waals surface area contributed by atoms with Gasteiger partial charge in [-0.2, -0.15) is 0 Å². The lowest BCUT2D eigenvalue weighted by Crippen LogP contribution is -2.40. The van der Waals surface area contributed by atoms with Gasteiger partial charge in [0.15, 0.2) is 0 Å². The first-order chi connectivity index (χ1) is 14.9. The number of hydrogen-bond donors (Lipinski definition) is 1. The standard InChI is InChI=1S/C23H29FN2O5/c1-2-3-4-5-6-7-11-21(27)26-14-17(12-20(26)22(28)29)31-23(30)25-13-16-9-8-10-19(24)18(16)15-25/h2,8-10,17,20H,1,3-7,11-15H2,(H,28,29)/t17-,20+/m1/s1. The van der Waals surface area contributed by atoms with Crippen molar-refractivity contribution < 1.29 is 28.6 Å². The lowest BCUT2D eigenvalue weighted by Gasteiger charge is -2.21. The minimum absolute atomic E-state index is 0.0568. The molecule has 0 unspecified atom stereocenters. The number of aliphatic carboxylic acids is 1. The van der Waals surface area contributed by atoms with E-state index >= 15 is 0 Å². The predicted molar refractivity (Wildman–Crippen MR) is 112 cm³/mol. The van der Waals surface area contributed by atoms with E-state index in [9.17, 15) is 23.9 Å². The number of fused-ring (bicyclic) bond motifs is 1. The first-order valence-electron chi connectivity index (χ1n) is 10.8. The molecule has 0 aliphatic carbocycles. The largest absolute Gasteiger partial charge is 0.480 e. The Morgan fingerprint density at radius 2 is 1.97 bits per heavy atom. The van der Waals surface area contributed by atoms with Gasteiger partial charge in [-0.3, -0.25) is 9.69 Å². The van der Waals surface area contributed by atoms with Crippen molar-refractivity contribution in [3.05, 3.63) is 47.8 Å². The van der Waals surface area contributed by atoms with Crippen LogP contribution >= 0.6 is 0 Å². The van der Waals surface area contributed by atoms with Crippen molar-refractivity contribution >= 4 is 18.0 Å². The normalized spacial score (nSPS) is 19.9. The van der Waals surface area contributed by atoms with Crippen molar-refractivity contribution in [1.82, 2.24) is 9.80 Å². The van der Waals surface area contributed by atoms with Crippen molar-refractivity contribution in [2.24, 2.45) is 0 Å². The van der Waals surface area contributed by atoms with Crippen molar-refractivity contribution in [3.8, 4) is 0 Å². The van der Waals surface area contributed by atoms with E-state index in [1.807, 2.05) is 6.08 Å². The number of rotatable bonds is 9. The number of hydrogen-bond acceptors (Lipinski definition) is 4. The van der Waals surface area contributed by atoms with Crippen LogP contribution in [-0.4, -0.2) is 51.6 Å². The van der Waals surface area contributed by atoms with E-state index in [2.05, 4.69) is 6.58 Å². The topological polar surface area (TPSA) is 87.2 Å². The first-order valence-corrected chi connectivity index (χ1v) is 10.8. The van der Waals surface area contributed by atoms with Gasteiger partial charge in [-0.15, -0.1) is 6.58 Å². The molecule has 8 heteroatoms. The van der Waals surface area contributed by atoms with Gasteiger partial charge in [0.2, 0.25) is 5.91 Å². The van der Waals surface area contributed by atoms with E-state index in [0.717, 1.165) is 31.2 Å². The average molecular weight is 432 g/mol. The Labute approximate surface area is 181 Å². The third-order valence-corrected chi connectivity index (χ3v) is 5.87. The molecule has 7 nitrogen and oxygen atoms in total. The first kappa shape index (κ1) is 22.8. The van der Waals surface area contributed by atoms with Gasteiger partial charge in [-0.05, 0) is 30.9 Å². The van der Waals surface area contributed by atoms with Crippen LogP contribution in [0.25, 0.3) is 0 Å². The molecule has 0 radical (unpaired) electrons. The number of benzene rings is 1. The minimum Gasteiger partial charge on any atom is -0.480 e. The monoisotopic (exact) mass is 432 g/mol. The minimum atomic E-state index is -1.10. The molecule has 0 bridgehead atoms. The Hall–Kier alpha value is -2.90. The molecule has 1 aromatic carbocycles. The Bertz CT molecular complexity index is 843. The van der Waals surface area contributed by atoms with Crippen LogP contribution in [-0.2, 0) is 27.4 Å². The third-order valence-electron chi connectivity index (χ3n) is 5.87. The van der Waals surface area contributed by atoms with Crippen molar-refractivity contribution in [1.29, 1.82) is 0 Å². The van der Waals surface area contributed by atoms with Gasteiger partial charge < -0.3 is 14.7 Å².